The number of fused-ring (bicyclic) bond motifs is 2. The molecule has 0 saturated carbocycles. The number of aromatic nitrogens is 1. The van der Waals surface area contributed by atoms with E-state index in [9.17, 15) is 14.4 Å². The molecule has 0 N–H and O–H groups in total. The number of nitrogens with zero attached hydrogens (tertiary/aromatic N) is 3. The van der Waals surface area contributed by atoms with Crippen LogP contribution in [0.4, 0.5) is 5.69 Å². The Morgan fingerprint density at radius 2 is 1.79 bits per heavy atom. The van der Waals surface area contributed by atoms with Crippen LogP contribution in [-0.4, -0.2) is 30.1 Å². The molecule has 2 aliphatic rings. The Labute approximate surface area is 193 Å². The van der Waals surface area contributed by atoms with E-state index < -0.39 is 12.0 Å². The van der Waals surface area contributed by atoms with Crippen LogP contribution in [0, 0.1) is 0 Å². The zero-order chi connectivity index (χ0) is 23.3. The van der Waals surface area contributed by atoms with Crippen molar-refractivity contribution in [3.8, 4) is 0 Å². The fourth-order valence-electron chi connectivity index (χ4n) is 4.33. The molecule has 0 aliphatic carbocycles. The topological polar surface area (TPSA) is 81.0 Å². The first kappa shape index (κ1) is 21.1. The van der Waals surface area contributed by atoms with E-state index in [1.807, 2.05) is 54.6 Å². The average molecular weight is 460 g/mol. The Morgan fingerprint density at radius 3 is 2.52 bits per heavy atom. The lowest BCUT2D eigenvalue weighted by atomic mass is 9.97. The summed E-state index contributed by atoms with van der Waals surface area (Å²) in [4.78, 5) is 46.4. The zero-order valence-corrected chi connectivity index (χ0v) is 19.2. The number of benzene rings is 2. The SMILES string of the molecule is CCOC(=O)C1=C(C)n2c(s/c(=C3\C(=O)N(C)c4ccccc43)c2=O)=N[C@@H]1c1ccccc1. The maximum absolute atomic E-state index is 13.6. The lowest BCUT2D eigenvalue weighted by molar-refractivity contribution is -0.138. The van der Waals surface area contributed by atoms with Crippen molar-refractivity contribution in [1.82, 2.24) is 4.57 Å². The van der Waals surface area contributed by atoms with E-state index in [0.29, 0.717) is 31.7 Å². The Hall–Kier alpha value is -3.78. The van der Waals surface area contributed by atoms with Gasteiger partial charge in [0.1, 0.15) is 10.6 Å². The number of anilines is 1. The maximum atomic E-state index is 13.6. The van der Waals surface area contributed by atoms with Crippen molar-refractivity contribution >= 4 is 40.2 Å². The van der Waals surface area contributed by atoms with Crippen molar-refractivity contribution in [2.45, 2.75) is 19.9 Å². The lowest BCUT2D eigenvalue weighted by Crippen LogP contribution is -2.36. The first-order valence-corrected chi connectivity index (χ1v) is 11.4. The summed E-state index contributed by atoms with van der Waals surface area (Å²) in [7, 11) is 1.69. The van der Waals surface area contributed by atoms with Gasteiger partial charge in [0, 0.05) is 18.3 Å². The van der Waals surface area contributed by atoms with E-state index >= 15 is 0 Å². The summed E-state index contributed by atoms with van der Waals surface area (Å²) in [6.45, 7) is 3.67. The van der Waals surface area contributed by atoms with Gasteiger partial charge in [-0.3, -0.25) is 14.2 Å². The van der Waals surface area contributed by atoms with Crippen molar-refractivity contribution in [1.29, 1.82) is 0 Å². The Kier molecular flexibility index (Phi) is 5.09. The number of allylic oxidation sites excluding steroid dienone is 1. The van der Waals surface area contributed by atoms with Crippen molar-refractivity contribution in [2.75, 3.05) is 18.6 Å². The van der Waals surface area contributed by atoms with Gasteiger partial charge in [0.25, 0.3) is 11.5 Å². The van der Waals surface area contributed by atoms with E-state index in [4.69, 9.17) is 9.73 Å². The molecule has 5 rings (SSSR count). The number of para-hydroxylation sites is 1. The van der Waals surface area contributed by atoms with Gasteiger partial charge in [-0.05, 0) is 25.5 Å². The summed E-state index contributed by atoms with van der Waals surface area (Å²) >= 11 is 1.17. The summed E-state index contributed by atoms with van der Waals surface area (Å²) in [6, 6.07) is 16.2. The summed E-state index contributed by atoms with van der Waals surface area (Å²) < 4.78 is 7.04. The minimum Gasteiger partial charge on any atom is -0.463 e. The molecule has 0 spiro atoms. The van der Waals surface area contributed by atoms with Crippen LogP contribution in [0.1, 0.15) is 31.0 Å². The first-order valence-electron chi connectivity index (χ1n) is 10.6. The largest absolute Gasteiger partial charge is 0.463 e. The second-order valence-corrected chi connectivity index (χ2v) is 8.75. The summed E-state index contributed by atoms with van der Waals surface area (Å²) in [5, 5.41) is 0. The van der Waals surface area contributed by atoms with E-state index in [2.05, 4.69) is 0 Å². The van der Waals surface area contributed by atoms with E-state index in [1.165, 1.54) is 15.9 Å². The van der Waals surface area contributed by atoms with Crippen LogP contribution in [0.5, 0.6) is 0 Å². The van der Waals surface area contributed by atoms with Crippen LogP contribution in [0.25, 0.3) is 11.3 Å². The van der Waals surface area contributed by atoms with Gasteiger partial charge < -0.3 is 9.64 Å². The number of likely N-dealkylation sites (N-methyl/N-ethyl adjacent to an activating group) is 1. The third-order valence-electron chi connectivity index (χ3n) is 5.91. The van der Waals surface area contributed by atoms with Gasteiger partial charge in [-0.25, -0.2) is 9.79 Å². The van der Waals surface area contributed by atoms with Crippen molar-refractivity contribution in [3.05, 3.63) is 91.0 Å². The number of esters is 1. The molecule has 0 bridgehead atoms. The van der Waals surface area contributed by atoms with Gasteiger partial charge in [-0.2, -0.15) is 0 Å². The predicted octanol–water partition coefficient (Wildman–Crippen LogP) is 2.25. The van der Waals surface area contributed by atoms with Crippen LogP contribution in [0.2, 0.25) is 0 Å². The molecule has 33 heavy (non-hydrogen) atoms. The van der Waals surface area contributed by atoms with Gasteiger partial charge >= 0.3 is 5.97 Å². The number of thiazole rings is 1. The molecule has 7 nitrogen and oxygen atoms in total. The predicted molar refractivity (Wildman–Crippen MR) is 126 cm³/mol. The molecule has 2 aromatic carbocycles. The highest BCUT2D eigenvalue weighted by molar-refractivity contribution is 7.07. The van der Waals surface area contributed by atoms with Gasteiger partial charge in [0.05, 0.1) is 23.4 Å². The first-order chi connectivity index (χ1) is 15.9. The molecule has 0 radical (unpaired) electrons. The molecule has 3 heterocycles. The molecular formula is C25H21N3O4S. The fraction of sp³-hybridized carbons (Fsp3) is 0.200. The van der Waals surface area contributed by atoms with E-state index in [0.717, 1.165) is 11.3 Å². The van der Waals surface area contributed by atoms with E-state index in [1.54, 1.807) is 25.8 Å². The second kappa shape index (κ2) is 7.97. The fourth-order valence-corrected chi connectivity index (χ4v) is 5.46. The van der Waals surface area contributed by atoms with Crippen LogP contribution < -0.4 is 19.8 Å². The molecule has 0 saturated heterocycles. The van der Waals surface area contributed by atoms with Gasteiger partial charge in [0.15, 0.2) is 4.80 Å². The smallest absolute Gasteiger partial charge is 0.338 e. The average Bonchev–Trinajstić information content (AvgIpc) is 3.28. The number of hydrogen-bond donors (Lipinski definition) is 0. The Morgan fingerprint density at radius 1 is 1.09 bits per heavy atom. The van der Waals surface area contributed by atoms with Crippen molar-refractivity contribution in [2.24, 2.45) is 4.99 Å². The van der Waals surface area contributed by atoms with Gasteiger partial charge in [-0.1, -0.05) is 59.9 Å². The van der Waals surface area contributed by atoms with Crippen LogP contribution in [-0.2, 0) is 14.3 Å². The van der Waals surface area contributed by atoms with Crippen molar-refractivity contribution in [3.63, 3.8) is 0 Å². The highest BCUT2D eigenvalue weighted by atomic mass is 32.1. The minimum atomic E-state index is -0.601. The molecule has 8 heteroatoms. The number of hydrogen-bond acceptors (Lipinski definition) is 6. The van der Waals surface area contributed by atoms with Gasteiger partial charge in [-0.15, -0.1) is 0 Å². The highest BCUT2D eigenvalue weighted by Crippen LogP contribution is 2.34. The quantitative estimate of drug-likeness (QED) is 0.563. The standard InChI is InChI=1S/C25H21N3O4S/c1-4-32-24(31)18-14(2)28-23(30)21(19-16-12-8-9-13-17(16)27(3)22(19)29)33-25(28)26-20(18)15-10-6-5-7-11-15/h5-13,20H,4H2,1-3H3/b21-19-/t20-/m1/s1. The Balaban J connectivity index is 1.83. The number of rotatable bonds is 3. The molecule has 1 atom stereocenters. The number of carbonyl (C=O) groups is 2. The Bertz CT molecular complexity index is 1510. The molecular weight excluding hydrogens is 438 g/mol. The lowest BCUT2D eigenvalue weighted by Gasteiger charge is -2.22. The molecule has 166 valence electrons. The molecule has 0 unspecified atom stereocenters. The zero-order valence-electron chi connectivity index (χ0n) is 18.4. The summed E-state index contributed by atoms with van der Waals surface area (Å²) in [5.74, 6) is -0.744. The third kappa shape index (κ3) is 3.17. The molecule has 3 aromatic rings. The van der Waals surface area contributed by atoms with Crippen LogP contribution in [0.15, 0.2) is 70.0 Å². The number of carbonyl (C=O) groups excluding carboxylic acids is 2. The van der Waals surface area contributed by atoms with E-state index in [-0.39, 0.29) is 18.1 Å². The molecule has 1 amide bonds. The van der Waals surface area contributed by atoms with Crippen LogP contribution >= 0.6 is 11.3 Å². The molecule has 1 aromatic heterocycles. The summed E-state index contributed by atoms with van der Waals surface area (Å²) in [5.41, 5.74) is 3.08. The summed E-state index contributed by atoms with van der Waals surface area (Å²) in [6.07, 6.45) is 0. The molecule has 0 fully saturated rings. The minimum absolute atomic E-state index is 0.212. The third-order valence-corrected chi connectivity index (χ3v) is 6.96. The monoisotopic (exact) mass is 459 g/mol. The van der Waals surface area contributed by atoms with Gasteiger partial charge in [0.2, 0.25) is 0 Å². The second-order valence-electron chi connectivity index (χ2n) is 7.77. The van der Waals surface area contributed by atoms with Crippen LogP contribution in [0.3, 0.4) is 0 Å². The molecule has 2 aliphatic heterocycles. The number of amides is 1. The maximum Gasteiger partial charge on any atom is 0.338 e. The number of ether oxygens (including phenoxy) is 1. The van der Waals surface area contributed by atoms with Crippen molar-refractivity contribution < 1.29 is 14.3 Å². The highest BCUT2D eigenvalue weighted by Gasteiger charge is 2.34. The normalized spacial score (nSPS) is 18.7.